The number of esters is 3. The Morgan fingerprint density at radius 3 is 1.42 bits per heavy atom. The molecule has 0 aromatic heterocycles. The van der Waals surface area contributed by atoms with E-state index < -0.39 is 72.2 Å². The molecule has 16 heteroatoms. The van der Waals surface area contributed by atoms with Gasteiger partial charge in [0.25, 0.3) is 0 Å². The van der Waals surface area contributed by atoms with Crippen LogP contribution in [0.2, 0.25) is 0 Å². The summed E-state index contributed by atoms with van der Waals surface area (Å²) in [5.74, 6) is -3.59. The molecule has 0 unspecified atom stereocenters. The molecule has 4 aromatic rings. The van der Waals surface area contributed by atoms with Crippen LogP contribution in [0, 0.1) is 0 Å². The zero-order valence-electron chi connectivity index (χ0n) is 38.3. The van der Waals surface area contributed by atoms with Crippen molar-refractivity contribution < 1.29 is 57.2 Å². The summed E-state index contributed by atoms with van der Waals surface area (Å²) in [4.78, 5) is 93.3. The van der Waals surface area contributed by atoms with Crippen LogP contribution >= 0.6 is 0 Å². The van der Waals surface area contributed by atoms with Gasteiger partial charge in [0.15, 0.2) is 6.04 Å². The lowest BCUT2D eigenvalue weighted by molar-refractivity contribution is -0.152. The minimum absolute atomic E-state index is 0.0351. The van der Waals surface area contributed by atoms with E-state index in [1.807, 2.05) is 31.2 Å². The molecule has 4 amide bonds. The summed E-state index contributed by atoms with van der Waals surface area (Å²) in [7, 11) is 0. The first-order chi connectivity index (χ1) is 32.4. The number of benzene rings is 4. The number of ether oxygens (including phenoxy) is 5. The second kappa shape index (κ2) is 29.3. The smallest absolute Gasteiger partial charge is 0.408 e. The molecule has 0 heterocycles. The number of carbonyl (C=O) groups excluding carboxylic acids is 7. The van der Waals surface area contributed by atoms with Gasteiger partial charge in [0.1, 0.15) is 50.7 Å². The largest absolute Gasteiger partial charge is 0.459 e. The predicted octanol–water partition coefficient (Wildman–Crippen LogP) is 7.13. The molecule has 0 radical (unpaired) electrons. The van der Waals surface area contributed by atoms with Gasteiger partial charge in [-0.05, 0) is 61.8 Å². The molecular formula is C51H62N4O12. The monoisotopic (exact) mass is 922 g/mol. The Morgan fingerprint density at radius 1 is 0.463 bits per heavy atom. The third-order valence-corrected chi connectivity index (χ3v) is 10.4. The Morgan fingerprint density at radius 2 is 0.910 bits per heavy atom. The van der Waals surface area contributed by atoms with Gasteiger partial charge < -0.3 is 45.0 Å². The van der Waals surface area contributed by atoms with E-state index in [1.54, 1.807) is 97.1 Å². The van der Waals surface area contributed by atoms with Gasteiger partial charge in [0.2, 0.25) is 11.8 Å². The summed E-state index contributed by atoms with van der Waals surface area (Å²) in [5, 5.41) is 10.3. The summed E-state index contributed by atoms with van der Waals surface area (Å²) in [6.07, 6.45) is -0.0269. The van der Waals surface area contributed by atoms with Crippen molar-refractivity contribution in [3.8, 4) is 0 Å². The second-order valence-electron chi connectivity index (χ2n) is 15.9. The molecule has 0 saturated heterocycles. The third-order valence-electron chi connectivity index (χ3n) is 10.4. The molecular weight excluding hydrogens is 861 g/mol. The normalized spacial score (nSPS) is 12.9. The number of alkyl carbamates (subject to hydrolysis) is 2. The highest BCUT2D eigenvalue weighted by atomic mass is 16.6. The fourth-order valence-corrected chi connectivity index (χ4v) is 6.56. The zero-order chi connectivity index (χ0) is 48.2. The summed E-state index contributed by atoms with van der Waals surface area (Å²) in [5.41, 5.74) is 2.87. The van der Waals surface area contributed by atoms with Crippen molar-refractivity contribution in [2.45, 2.75) is 129 Å². The van der Waals surface area contributed by atoms with E-state index in [-0.39, 0.29) is 52.1 Å². The average Bonchev–Trinajstić information content (AvgIpc) is 3.34. The van der Waals surface area contributed by atoms with E-state index in [1.165, 1.54) is 13.8 Å². The maximum atomic E-state index is 13.9. The molecule has 0 spiro atoms. The van der Waals surface area contributed by atoms with Gasteiger partial charge >= 0.3 is 30.1 Å². The number of nitrogens with one attached hydrogen (secondary N) is 4. The Kier molecular flexibility index (Phi) is 22.9. The van der Waals surface area contributed by atoms with Crippen LogP contribution in [0.15, 0.2) is 121 Å². The Bertz CT molecular complexity index is 2140. The lowest BCUT2D eigenvalue weighted by Gasteiger charge is -2.26. The van der Waals surface area contributed by atoms with E-state index in [0.29, 0.717) is 17.5 Å². The number of carbonyl (C=O) groups is 7. The highest BCUT2D eigenvalue weighted by molar-refractivity contribution is 5.90. The molecule has 0 aliphatic heterocycles. The molecule has 4 rings (SSSR count). The van der Waals surface area contributed by atoms with Crippen molar-refractivity contribution in [2.24, 2.45) is 0 Å². The van der Waals surface area contributed by atoms with Crippen molar-refractivity contribution in [2.75, 3.05) is 0 Å². The average molecular weight is 923 g/mol. The van der Waals surface area contributed by atoms with Crippen molar-refractivity contribution in [1.82, 2.24) is 21.3 Å². The summed E-state index contributed by atoms with van der Waals surface area (Å²) < 4.78 is 27.5. The SMILES string of the molecule is CCCCCCC(=O)N[C@@H](C(=O)OCc1ccccc1)[C@@H](C)OC(=O)N[C@@H](CCC[C@@H](NC(=O)OCc1ccccc1)C(=O)OCc1ccccc1)C(=O)N[C@H](C)C(=O)OCc1ccccc1. The number of hydrogen-bond donors (Lipinski definition) is 4. The van der Waals surface area contributed by atoms with E-state index >= 15 is 0 Å². The molecule has 0 aliphatic carbocycles. The van der Waals surface area contributed by atoms with Crippen molar-refractivity contribution in [3.05, 3.63) is 144 Å². The van der Waals surface area contributed by atoms with E-state index in [0.717, 1.165) is 30.4 Å². The molecule has 0 aliphatic rings. The topological polar surface area (TPSA) is 214 Å². The lowest BCUT2D eigenvalue weighted by atomic mass is 10.0. The molecule has 67 heavy (non-hydrogen) atoms. The molecule has 0 bridgehead atoms. The van der Waals surface area contributed by atoms with Gasteiger partial charge in [-0.15, -0.1) is 0 Å². The standard InChI is InChI=1S/C51H62N4O12/c1-4-5-6-19-31-44(56)55-45(49(60)65-34-40-25-15-9-16-26-40)37(3)67-51(62)53-42(46(57)52-36(2)47(58)63-32-38-21-11-7-12-22-38)29-20-30-43(48(59)64-33-39-23-13-8-14-24-39)54-50(61)66-35-41-27-17-10-18-28-41/h7-18,21-28,36-37,42-43,45H,4-6,19-20,29-35H2,1-3H3,(H,52,57)(H,53,62)(H,54,61)(H,55,56)/t36-,37-,42+,43-,45-/m1/s1. The molecule has 358 valence electrons. The van der Waals surface area contributed by atoms with Gasteiger partial charge in [-0.1, -0.05) is 148 Å². The maximum Gasteiger partial charge on any atom is 0.408 e. The zero-order valence-corrected chi connectivity index (χ0v) is 38.3. The predicted molar refractivity (Wildman–Crippen MR) is 247 cm³/mol. The molecule has 4 aromatic carbocycles. The molecule has 0 saturated carbocycles. The van der Waals surface area contributed by atoms with E-state index in [2.05, 4.69) is 21.3 Å². The van der Waals surface area contributed by atoms with E-state index in [9.17, 15) is 33.6 Å². The number of hydrogen-bond acceptors (Lipinski definition) is 12. The van der Waals surface area contributed by atoms with Crippen LogP contribution in [0.4, 0.5) is 9.59 Å². The lowest BCUT2D eigenvalue weighted by Crippen LogP contribution is -2.54. The minimum Gasteiger partial charge on any atom is -0.459 e. The Balaban J connectivity index is 1.48. The summed E-state index contributed by atoms with van der Waals surface area (Å²) in [6.45, 7) is 4.58. The van der Waals surface area contributed by atoms with Crippen LogP contribution in [0.1, 0.15) is 94.4 Å². The first-order valence-electron chi connectivity index (χ1n) is 22.6. The second-order valence-corrected chi connectivity index (χ2v) is 15.9. The van der Waals surface area contributed by atoms with Crippen LogP contribution in [-0.2, 0) is 74.1 Å². The van der Waals surface area contributed by atoms with Crippen LogP contribution in [0.5, 0.6) is 0 Å². The van der Waals surface area contributed by atoms with Gasteiger partial charge in [-0.3, -0.25) is 9.59 Å². The summed E-state index contributed by atoms with van der Waals surface area (Å²) >= 11 is 0. The number of unbranched alkanes of at least 4 members (excludes halogenated alkanes) is 3. The Labute approximate surface area is 391 Å². The molecule has 5 atom stereocenters. The van der Waals surface area contributed by atoms with Gasteiger partial charge in [0.05, 0.1) is 0 Å². The van der Waals surface area contributed by atoms with Crippen LogP contribution < -0.4 is 21.3 Å². The maximum absolute atomic E-state index is 13.9. The fraction of sp³-hybridized carbons (Fsp3) is 0.392. The van der Waals surface area contributed by atoms with Crippen LogP contribution in [0.25, 0.3) is 0 Å². The number of rotatable bonds is 27. The first-order valence-corrected chi connectivity index (χ1v) is 22.6. The summed E-state index contributed by atoms with van der Waals surface area (Å²) in [6, 6.07) is 30.6. The van der Waals surface area contributed by atoms with Crippen molar-refractivity contribution in [3.63, 3.8) is 0 Å². The minimum atomic E-state index is -1.41. The highest BCUT2D eigenvalue weighted by Crippen LogP contribution is 2.13. The van der Waals surface area contributed by atoms with Crippen molar-refractivity contribution >= 4 is 41.9 Å². The molecule has 16 nitrogen and oxygen atoms in total. The van der Waals surface area contributed by atoms with Crippen LogP contribution in [-0.4, -0.2) is 72.2 Å². The first kappa shape index (κ1) is 52.4. The van der Waals surface area contributed by atoms with Crippen molar-refractivity contribution in [1.29, 1.82) is 0 Å². The Hall–Kier alpha value is -7.23. The van der Waals surface area contributed by atoms with E-state index in [4.69, 9.17) is 23.7 Å². The van der Waals surface area contributed by atoms with Crippen LogP contribution in [0.3, 0.4) is 0 Å². The van der Waals surface area contributed by atoms with Gasteiger partial charge in [-0.2, -0.15) is 0 Å². The highest BCUT2D eigenvalue weighted by Gasteiger charge is 2.33. The molecule has 0 fully saturated rings. The van der Waals surface area contributed by atoms with Gasteiger partial charge in [-0.25, -0.2) is 24.0 Å². The fourth-order valence-electron chi connectivity index (χ4n) is 6.56. The molecule has 4 N–H and O–H groups in total. The quantitative estimate of drug-likeness (QED) is 0.0267. The third kappa shape index (κ3) is 20.2. The number of amides is 4. The van der Waals surface area contributed by atoms with Gasteiger partial charge in [0, 0.05) is 6.42 Å².